The average molecular weight is 598 g/mol. The van der Waals surface area contributed by atoms with Crippen molar-refractivity contribution in [1.29, 1.82) is 0 Å². The molecule has 5 rings (SSSR count). The number of alkyl halides is 1. The highest BCUT2D eigenvalue weighted by Gasteiger charge is 2.32. The minimum Gasteiger partial charge on any atom is -0.351 e. The van der Waals surface area contributed by atoms with Crippen LogP contribution < -0.4 is 15.6 Å². The minimum atomic E-state index is -3.73. The molecule has 12 nitrogen and oxygen atoms in total. The monoisotopic (exact) mass is 597 g/mol. The summed E-state index contributed by atoms with van der Waals surface area (Å²) in [6.07, 6.45) is 5.73. The Balaban J connectivity index is 1.38. The highest BCUT2D eigenvalue weighted by atomic mass is 32.2. The largest absolute Gasteiger partial charge is 0.351 e. The first-order chi connectivity index (χ1) is 19.9. The lowest BCUT2D eigenvalue weighted by Gasteiger charge is -2.35. The van der Waals surface area contributed by atoms with E-state index in [9.17, 15) is 17.6 Å². The van der Waals surface area contributed by atoms with Gasteiger partial charge in [-0.3, -0.25) is 18.8 Å². The lowest BCUT2D eigenvalue weighted by atomic mass is 9.89. The highest BCUT2D eigenvalue weighted by molar-refractivity contribution is 7.91. The molecule has 1 fully saturated rings. The number of pyridine rings is 2. The second-order valence-electron chi connectivity index (χ2n) is 11.3. The predicted octanol–water partition coefficient (Wildman–Crippen LogP) is 3.34. The molecule has 2 N–H and O–H groups in total. The number of nitrogens with zero attached hydrogens (tertiary/aromatic N) is 7. The quantitative estimate of drug-likeness (QED) is 0.297. The molecule has 0 saturated heterocycles. The molecule has 1 saturated carbocycles. The van der Waals surface area contributed by atoms with Crippen LogP contribution in [0.2, 0.25) is 0 Å². The molecule has 1 unspecified atom stereocenters. The summed E-state index contributed by atoms with van der Waals surface area (Å²) in [6, 6.07) is 6.10. The van der Waals surface area contributed by atoms with Crippen LogP contribution in [0, 0.1) is 0 Å². The number of sulfonamides is 1. The maximum Gasteiger partial charge on any atom is 0.260 e. The van der Waals surface area contributed by atoms with Gasteiger partial charge in [-0.15, -0.1) is 0 Å². The molecule has 1 aliphatic rings. The Labute approximate surface area is 244 Å². The van der Waals surface area contributed by atoms with Crippen molar-refractivity contribution in [3.8, 4) is 11.1 Å². The van der Waals surface area contributed by atoms with E-state index in [4.69, 9.17) is 0 Å². The number of hydrogen-bond donors (Lipinski definition) is 2. The van der Waals surface area contributed by atoms with E-state index in [0.717, 1.165) is 12.8 Å². The number of nitrogens with one attached hydrogen (secondary N) is 2. The molecule has 4 heterocycles. The van der Waals surface area contributed by atoms with Crippen molar-refractivity contribution in [3.63, 3.8) is 0 Å². The van der Waals surface area contributed by atoms with Crippen LogP contribution in [0.5, 0.6) is 0 Å². The van der Waals surface area contributed by atoms with E-state index < -0.39 is 16.2 Å². The highest BCUT2D eigenvalue weighted by Crippen LogP contribution is 2.28. The topological polar surface area (TPSA) is 140 Å². The van der Waals surface area contributed by atoms with Gasteiger partial charge < -0.3 is 10.2 Å². The number of hydrogen-bond acceptors (Lipinski definition) is 9. The summed E-state index contributed by atoms with van der Waals surface area (Å²) >= 11 is 0. The SMILES string of the molecule is CC(C)n1c(=O)c(-c2ccc(NS(=O)(=O)Cc3ccn(C)n3)nc2)cc2cnc(N[C@H]3CC[C@H](N(C)C)C(F)C3)nc21. The molecule has 0 aromatic carbocycles. The van der Waals surface area contributed by atoms with Gasteiger partial charge in [0.2, 0.25) is 16.0 Å². The van der Waals surface area contributed by atoms with Crippen LogP contribution in [0.1, 0.15) is 44.8 Å². The zero-order valence-corrected chi connectivity index (χ0v) is 25.1. The van der Waals surface area contributed by atoms with Gasteiger partial charge >= 0.3 is 0 Å². The van der Waals surface area contributed by atoms with E-state index in [1.54, 1.807) is 42.2 Å². The number of anilines is 2. The Hall–Kier alpha value is -3.91. The number of aromatic nitrogens is 6. The minimum absolute atomic E-state index is 0.0968. The first-order valence-corrected chi connectivity index (χ1v) is 15.5. The molecule has 224 valence electrons. The third-order valence-corrected chi connectivity index (χ3v) is 8.66. The molecular weight excluding hydrogens is 561 g/mol. The van der Waals surface area contributed by atoms with Crippen molar-refractivity contribution in [2.45, 2.75) is 63.2 Å². The van der Waals surface area contributed by atoms with Gasteiger partial charge in [0.1, 0.15) is 23.4 Å². The summed E-state index contributed by atoms with van der Waals surface area (Å²) in [5, 5.41) is 8.03. The van der Waals surface area contributed by atoms with Gasteiger partial charge in [-0.05, 0) is 65.0 Å². The summed E-state index contributed by atoms with van der Waals surface area (Å²) < 4.78 is 45.4. The second kappa shape index (κ2) is 11.8. The summed E-state index contributed by atoms with van der Waals surface area (Å²) in [6.45, 7) is 3.79. The van der Waals surface area contributed by atoms with E-state index in [-0.39, 0.29) is 35.3 Å². The number of fused-ring (bicyclic) bond motifs is 1. The van der Waals surface area contributed by atoms with Crippen molar-refractivity contribution in [3.05, 3.63) is 58.9 Å². The van der Waals surface area contributed by atoms with Crippen molar-refractivity contribution >= 4 is 32.8 Å². The standard InChI is InChI=1S/C28H36FN9O3S/c1-17(2)38-26-19(15-31-28(33-26)32-20-7-8-24(36(3)4)23(29)13-20)12-22(27(38)39)18-6-9-25(30-14-18)35-42(40,41)16-21-10-11-37(5)34-21/h6,9-12,14-15,17,20,23-24H,7-8,13,16H2,1-5H3,(H,30,35)(H,31,32,33)/t20-,23?,24-/m0/s1. The fourth-order valence-corrected chi connectivity index (χ4v) is 6.47. The van der Waals surface area contributed by atoms with Crippen LogP contribution in [-0.4, -0.2) is 75.0 Å². The third-order valence-electron chi connectivity index (χ3n) is 7.47. The lowest BCUT2D eigenvalue weighted by molar-refractivity contribution is 0.109. The number of rotatable bonds is 9. The molecule has 42 heavy (non-hydrogen) atoms. The predicted molar refractivity (Wildman–Crippen MR) is 161 cm³/mol. The van der Waals surface area contributed by atoms with Gasteiger partial charge in [0.15, 0.2) is 0 Å². The molecule has 1 aliphatic carbocycles. The molecule has 14 heteroatoms. The van der Waals surface area contributed by atoms with Gasteiger partial charge in [0.05, 0.1) is 5.69 Å². The Kier molecular flexibility index (Phi) is 8.28. The van der Waals surface area contributed by atoms with Crippen molar-refractivity contribution in [2.24, 2.45) is 7.05 Å². The summed E-state index contributed by atoms with van der Waals surface area (Å²) in [4.78, 5) is 29.0. The summed E-state index contributed by atoms with van der Waals surface area (Å²) in [5.41, 5.74) is 1.54. The van der Waals surface area contributed by atoms with Crippen LogP contribution in [0.3, 0.4) is 0 Å². The van der Waals surface area contributed by atoms with Crippen LogP contribution in [-0.2, 0) is 22.8 Å². The van der Waals surface area contributed by atoms with Gasteiger partial charge in [-0.2, -0.15) is 10.1 Å². The van der Waals surface area contributed by atoms with Crippen molar-refractivity contribution in [2.75, 3.05) is 24.1 Å². The zero-order chi connectivity index (χ0) is 30.2. The maximum absolute atomic E-state index is 14.7. The Morgan fingerprint density at radius 2 is 1.93 bits per heavy atom. The smallest absolute Gasteiger partial charge is 0.260 e. The first-order valence-electron chi connectivity index (χ1n) is 13.8. The van der Waals surface area contributed by atoms with Gasteiger partial charge in [-0.1, -0.05) is 0 Å². The zero-order valence-electron chi connectivity index (χ0n) is 24.3. The van der Waals surface area contributed by atoms with E-state index >= 15 is 0 Å². The van der Waals surface area contributed by atoms with Gasteiger partial charge in [-0.25, -0.2) is 22.8 Å². The Bertz CT molecular complexity index is 1740. The van der Waals surface area contributed by atoms with E-state index in [2.05, 4.69) is 30.1 Å². The molecule has 0 aliphatic heterocycles. The molecular formula is C28H36FN9O3S. The summed E-state index contributed by atoms with van der Waals surface area (Å²) in [7, 11) is 1.78. The molecule has 4 aromatic rings. The van der Waals surface area contributed by atoms with Crippen molar-refractivity contribution in [1.82, 2.24) is 34.2 Å². The van der Waals surface area contributed by atoms with Crippen LogP contribution in [0.15, 0.2) is 47.7 Å². The van der Waals surface area contributed by atoms with Crippen LogP contribution >= 0.6 is 0 Å². The molecule has 0 amide bonds. The van der Waals surface area contributed by atoms with E-state index in [1.165, 1.54) is 16.9 Å². The molecule has 0 radical (unpaired) electrons. The van der Waals surface area contributed by atoms with Gasteiger partial charge in [0.25, 0.3) is 5.56 Å². The molecule has 4 aromatic heterocycles. The number of halogens is 1. The fraction of sp³-hybridized carbons (Fsp3) is 0.464. The average Bonchev–Trinajstić information content (AvgIpc) is 3.31. The second-order valence-corrected chi connectivity index (χ2v) is 13.0. The van der Waals surface area contributed by atoms with Gasteiger partial charge in [0, 0.05) is 66.7 Å². The van der Waals surface area contributed by atoms with Crippen LogP contribution in [0.25, 0.3) is 22.2 Å². The molecule has 0 spiro atoms. The normalized spacial score (nSPS) is 19.5. The third kappa shape index (κ3) is 6.44. The molecule has 3 atom stereocenters. The summed E-state index contributed by atoms with van der Waals surface area (Å²) in [5.74, 6) is 0.200. The fourth-order valence-electron chi connectivity index (χ4n) is 5.41. The van der Waals surface area contributed by atoms with Crippen molar-refractivity contribution < 1.29 is 12.8 Å². The van der Waals surface area contributed by atoms with E-state index in [0.29, 0.717) is 40.2 Å². The maximum atomic E-state index is 14.7. The Morgan fingerprint density at radius 1 is 1.14 bits per heavy atom. The number of aryl methyl sites for hydroxylation is 1. The molecule has 0 bridgehead atoms. The van der Waals surface area contributed by atoms with E-state index in [1.807, 2.05) is 32.8 Å². The Morgan fingerprint density at radius 3 is 2.55 bits per heavy atom. The van der Waals surface area contributed by atoms with Crippen LogP contribution in [0.4, 0.5) is 16.2 Å². The first kappa shape index (κ1) is 29.6. The lowest BCUT2D eigenvalue weighted by Crippen LogP contribution is -2.44.